The Labute approximate surface area is 137 Å². The van der Waals surface area contributed by atoms with Crippen molar-refractivity contribution < 1.29 is 9.13 Å². The standard InChI is InChI=1S/C16H26FN3OS/c1-4-18-16(19-10-7-13-22-3)20(2)11-12-21-15-9-6-5-8-14(15)17/h5-6,8-9H,4,7,10-13H2,1-3H3,(H,18,19). The second-order valence-electron chi connectivity index (χ2n) is 4.78. The van der Waals surface area contributed by atoms with Crippen LogP contribution in [0.15, 0.2) is 29.3 Å². The predicted molar refractivity (Wildman–Crippen MR) is 93.5 cm³/mol. The van der Waals surface area contributed by atoms with Crippen LogP contribution in [0.5, 0.6) is 5.75 Å². The van der Waals surface area contributed by atoms with Crippen molar-refractivity contribution in [3.63, 3.8) is 0 Å². The number of aliphatic imine (C=N–C) groups is 1. The molecule has 0 spiro atoms. The zero-order valence-electron chi connectivity index (χ0n) is 13.6. The van der Waals surface area contributed by atoms with Crippen molar-refractivity contribution in [2.75, 3.05) is 45.3 Å². The third kappa shape index (κ3) is 7.02. The lowest BCUT2D eigenvalue weighted by atomic mass is 10.3. The first-order chi connectivity index (χ1) is 10.7. The van der Waals surface area contributed by atoms with E-state index in [9.17, 15) is 4.39 Å². The Morgan fingerprint density at radius 1 is 1.41 bits per heavy atom. The second kappa shape index (κ2) is 11.2. The van der Waals surface area contributed by atoms with Gasteiger partial charge in [0.15, 0.2) is 17.5 Å². The van der Waals surface area contributed by atoms with Gasteiger partial charge in [-0.3, -0.25) is 4.99 Å². The fourth-order valence-electron chi connectivity index (χ4n) is 1.82. The third-order valence-corrected chi connectivity index (χ3v) is 3.68. The van der Waals surface area contributed by atoms with Crippen LogP contribution >= 0.6 is 11.8 Å². The van der Waals surface area contributed by atoms with Crippen LogP contribution < -0.4 is 10.1 Å². The first-order valence-electron chi connectivity index (χ1n) is 7.54. The normalized spacial score (nSPS) is 11.4. The molecule has 0 saturated heterocycles. The van der Waals surface area contributed by atoms with Crippen molar-refractivity contribution in [1.82, 2.24) is 10.2 Å². The number of thioether (sulfide) groups is 1. The van der Waals surface area contributed by atoms with Crippen molar-refractivity contribution in [3.8, 4) is 5.75 Å². The predicted octanol–water partition coefficient (Wildman–Crippen LogP) is 2.85. The van der Waals surface area contributed by atoms with Gasteiger partial charge in [-0.15, -0.1) is 0 Å². The van der Waals surface area contributed by atoms with E-state index >= 15 is 0 Å². The van der Waals surface area contributed by atoms with Crippen molar-refractivity contribution in [2.24, 2.45) is 4.99 Å². The van der Waals surface area contributed by atoms with Crippen molar-refractivity contribution in [3.05, 3.63) is 30.1 Å². The summed E-state index contributed by atoms with van der Waals surface area (Å²) in [5.74, 6) is 1.93. The van der Waals surface area contributed by atoms with Gasteiger partial charge in [-0.2, -0.15) is 11.8 Å². The highest BCUT2D eigenvalue weighted by atomic mass is 32.2. The van der Waals surface area contributed by atoms with E-state index < -0.39 is 0 Å². The summed E-state index contributed by atoms with van der Waals surface area (Å²) in [7, 11) is 1.96. The molecule has 0 atom stereocenters. The molecule has 0 unspecified atom stereocenters. The zero-order chi connectivity index (χ0) is 16.2. The molecular weight excluding hydrogens is 301 g/mol. The maximum Gasteiger partial charge on any atom is 0.193 e. The number of nitrogens with zero attached hydrogens (tertiary/aromatic N) is 2. The molecule has 6 heteroatoms. The Balaban J connectivity index is 2.42. The molecular formula is C16H26FN3OS. The van der Waals surface area contributed by atoms with Crippen molar-refractivity contribution >= 4 is 17.7 Å². The van der Waals surface area contributed by atoms with Gasteiger partial charge in [0.1, 0.15) is 6.61 Å². The summed E-state index contributed by atoms with van der Waals surface area (Å²) in [5, 5.41) is 3.26. The molecule has 0 aromatic heterocycles. The molecule has 1 aromatic rings. The maximum atomic E-state index is 13.5. The quantitative estimate of drug-likeness (QED) is 0.430. The van der Waals surface area contributed by atoms with Crippen molar-refractivity contribution in [2.45, 2.75) is 13.3 Å². The third-order valence-electron chi connectivity index (χ3n) is 2.99. The van der Waals surface area contributed by atoms with Gasteiger partial charge in [-0.1, -0.05) is 12.1 Å². The van der Waals surface area contributed by atoms with E-state index in [4.69, 9.17) is 4.74 Å². The smallest absolute Gasteiger partial charge is 0.193 e. The molecule has 0 amide bonds. The number of para-hydroxylation sites is 1. The molecule has 22 heavy (non-hydrogen) atoms. The molecule has 0 saturated carbocycles. The first-order valence-corrected chi connectivity index (χ1v) is 8.94. The van der Waals surface area contributed by atoms with Gasteiger partial charge in [0.05, 0.1) is 6.54 Å². The lowest BCUT2D eigenvalue weighted by Crippen LogP contribution is -2.41. The Morgan fingerprint density at radius 2 is 2.18 bits per heavy atom. The fourth-order valence-corrected chi connectivity index (χ4v) is 2.24. The van der Waals surface area contributed by atoms with Gasteiger partial charge >= 0.3 is 0 Å². The molecule has 0 heterocycles. The minimum Gasteiger partial charge on any atom is -0.489 e. The summed E-state index contributed by atoms with van der Waals surface area (Å²) in [4.78, 5) is 6.59. The molecule has 0 aliphatic rings. The van der Waals surface area contributed by atoms with E-state index in [-0.39, 0.29) is 11.6 Å². The summed E-state index contributed by atoms with van der Waals surface area (Å²) in [5.41, 5.74) is 0. The molecule has 4 nitrogen and oxygen atoms in total. The molecule has 1 N–H and O–H groups in total. The zero-order valence-corrected chi connectivity index (χ0v) is 14.5. The average molecular weight is 327 g/mol. The Bertz CT molecular complexity index is 457. The number of nitrogens with one attached hydrogen (secondary N) is 1. The van der Waals surface area contributed by atoms with E-state index in [1.165, 1.54) is 6.07 Å². The largest absolute Gasteiger partial charge is 0.489 e. The van der Waals surface area contributed by atoms with Crippen LogP contribution in [0.2, 0.25) is 0 Å². The van der Waals surface area contributed by atoms with E-state index in [0.29, 0.717) is 13.2 Å². The van der Waals surface area contributed by atoms with Crippen LogP contribution in [-0.4, -0.2) is 56.2 Å². The monoisotopic (exact) mass is 327 g/mol. The molecule has 0 bridgehead atoms. The van der Waals surface area contributed by atoms with Gasteiger partial charge in [0.2, 0.25) is 0 Å². The van der Waals surface area contributed by atoms with Crippen LogP contribution in [-0.2, 0) is 0 Å². The Hall–Kier alpha value is -1.43. The molecule has 1 aromatic carbocycles. The van der Waals surface area contributed by atoms with Gasteiger partial charge in [-0.05, 0) is 37.5 Å². The number of benzene rings is 1. The average Bonchev–Trinajstić information content (AvgIpc) is 2.52. The van der Waals surface area contributed by atoms with E-state index in [0.717, 1.165) is 31.2 Å². The topological polar surface area (TPSA) is 36.9 Å². The van der Waals surface area contributed by atoms with Gasteiger partial charge in [-0.25, -0.2) is 4.39 Å². The van der Waals surface area contributed by atoms with Crippen LogP contribution in [0, 0.1) is 5.82 Å². The molecule has 0 radical (unpaired) electrons. The first kappa shape index (κ1) is 18.6. The lowest BCUT2D eigenvalue weighted by molar-refractivity contribution is 0.270. The molecule has 1 rings (SSSR count). The molecule has 0 fully saturated rings. The number of ether oxygens (including phenoxy) is 1. The fraction of sp³-hybridized carbons (Fsp3) is 0.562. The number of halogens is 1. The highest BCUT2D eigenvalue weighted by Crippen LogP contribution is 2.14. The molecule has 124 valence electrons. The van der Waals surface area contributed by atoms with Crippen LogP contribution in [0.25, 0.3) is 0 Å². The molecule has 0 aliphatic carbocycles. The summed E-state index contributed by atoms with van der Waals surface area (Å²) in [6.45, 7) is 4.72. The number of hydrogen-bond acceptors (Lipinski definition) is 3. The SMILES string of the molecule is CCNC(=NCCCSC)N(C)CCOc1ccccc1F. The second-order valence-corrected chi connectivity index (χ2v) is 5.77. The number of guanidine groups is 1. The maximum absolute atomic E-state index is 13.5. The number of likely N-dealkylation sites (N-methyl/N-ethyl adjacent to an activating group) is 1. The van der Waals surface area contributed by atoms with Crippen molar-refractivity contribution in [1.29, 1.82) is 0 Å². The number of rotatable bonds is 9. The van der Waals surface area contributed by atoms with Gasteiger partial charge < -0.3 is 15.0 Å². The minimum atomic E-state index is -0.331. The highest BCUT2D eigenvalue weighted by molar-refractivity contribution is 7.98. The summed E-state index contributed by atoms with van der Waals surface area (Å²) in [6.07, 6.45) is 3.16. The van der Waals surface area contributed by atoms with E-state index in [1.807, 2.05) is 30.6 Å². The number of hydrogen-bond donors (Lipinski definition) is 1. The minimum absolute atomic E-state index is 0.290. The summed E-state index contributed by atoms with van der Waals surface area (Å²) < 4.78 is 18.9. The van der Waals surface area contributed by atoms with Gasteiger partial charge in [0.25, 0.3) is 0 Å². The summed E-state index contributed by atoms with van der Waals surface area (Å²) in [6, 6.07) is 6.45. The van der Waals surface area contributed by atoms with E-state index in [2.05, 4.69) is 16.6 Å². The highest BCUT2D eigenvalue weighted by Gasteiger charge is 2.06. The summed E-state index contributed by atoms with van der Waals surface area (Å²) >= 11 is 1.83. The molecule has 0 aliphatic heterocycles. The van der Waals surface area contributed by atoms with Gasteiger partial charge in [0, 0.05) is 20.1 Å². The Morgan fingerprint density at radius 3 is 2.86 bits per heavy atom. The van der Waals surface area contributed by atoms with Crippen LogP contribution in [0.3, 0.4) is 0 Å². The van der Waals surface area contributed by atoms with E-state index in [1.54, 1.807) is 18.2 Å². The van der Waals surface area contributed by atoms with Crippen LogP contribution in [0.4, 0.5) is 4.39 Å². The van der Waals surface area contributed by atoms with Crippen LogP contribution in [0.1, 0.15) is 13.3 Å². The Kier molecular flexibility index (Phi) is 9.46. The lowest BCUT2D eigenvalue weighted by Gasteiger charge is -2.22.